The molecule has 66 heavy (non-hydrogen) atoms. The first kappa shape index (κ1) is 63.4. The molecule has 384 valence electrons. The van der Waals surface area contributed by atoms with Crippen molar-refractivity contribution in [3.8, 4) is 0 Å². The SMILES string of the molecule is CCC/C=C\CCCCCCCC(=O)OCC(COC(=O)CCCCCCCCCCCCCCCCC/C=C\C/C=C\CCCCCCC)OC(=O)CCCCCCC/C=C\CCCC. The summed E-state index contributed by atoms with van der Waals surface area (Å²) in [6.07, 6.45) is 67.0. The van der Waals surface area contributed by atoms with E-state index in [1.165, 1.54) is 167 Å². The average Bonchev–Trinajstić information content (AvgIpc) is 3.31. The molecule has 1 atom stereocenters. The predicted octanol–water partition coefficient (Wildman–Crippen LogP) is 19.0. The number of rotatable bonds is 52. The van der Waals surface area contributed by atoms with Crippen molar-refractivity contribution in [2.45, 2.75) is 303 Å². The summed E-state index contributed by atoms with van der Waals surface area (Å²) in [5.41, 5.74) is 0. The minimum Gasteiger partial charge on any atom is -0.462 e. The number of ether oxygens (including phenoxy) is 3. The largest absolute Gasteiger partial charge is 0.462 e. The zero-order valence-electron chi connectivity index (χ0n) is 44.0. The van der Waals surface area contributed by atoms with Crippen LogP contribution < -0.4 is 0 Å². The van der Waals surface area contributed by atoms with E-state index < -0.39 is 6.10 Å². The Morgan fingerprint density at radius 3 is 0.955 bits per heavy atom. The summed E-state index contributed by atoms with van der Waals surface area (Å²) in [6.45, 7) is 6.53. The van der Waals surface area contributed by atoms with E-state index in [2.05, 4.69) is 69.4 Å². The normalized spacial score (nSPS) is 12.3. The Morgan fingerprint density at radius 1 is 0.303 bits per heavy atom. The lowest BCUT2D eigenvalue weighted by atomic mass is 10.0. The van der Waals surface area contributed by atoms with Gasteiger partial charge in [0, 0.05) is 19.3 Å². The van der Waals surface area contributed by atoms with Crippen LogP contribution in [0.15, 0.2) is 48.6 Å². The molecule has 0 bridgehead atoms. The molecule has 0 aliphatic heterocycles. The van der Waals surface area contributed by atoms with Gasteiger partial charge in [0.1, 0.15) is 13.2 Å². The van der Waals surface area contributed by atoms with Gasteiger partial charge in [0.15, 0.2) is 6.10 Å². The first-order valence-corrected chi connectivity index (χ1v) is 28.6. The van der Waals surface area contributed by atoms with Crippen LogP contribution in [0.3, 0.4) is 0 Å². The van der Waals surface area contributed by atoms with E-state index in [0.29, 0.717) is 19.3 Å². The van der Waals surface area contributed by atoms with Crippen molar-refractivity contribution in [3.05, 3.63) is 48.6 Å². The highest BCUT2D eigenvalue weighted by molar-refractivity contribution is 5.71. The molecule has 0 rings (SSSR count). The molecule has 0 aliphatic carbocycles. The van der Waals surface area contributed by atoms with Crippen LogP contribution in [-0.2, 0) is 28.6 Å². The van der Waals surface area contributed by atoms with E-state index in [-0.39, 0.29) is 31.1 Å². The van der Waals surface area contributed by atoms with Crippen molar-refractivity contribution >= 4 is 17.9 Å². The van der Waals surface area contributed by atoms with Crippen molar-refractivity contribution in [2.24, 2.45) is 0 Å². The van der Waals surface area contributed by atoms with E-state index in [4.69, 9.17) is 14.2 Å². The zero-order chi connectivity index (χ0) is 47.9. The van der Waals surface area contributed by atoms with Gasteiger partial charge in [0.25, 0.3) is 0 Å². The maximum absolute atomic E-state index is 12.8. The molecule has 0 spiro atoms. The molecule has 0 aromatic rings. The molecule has 0 saturated carbocycles. The number of unbranched alkanes of at least 4 members (excludes halogenated alkanes) is 33. The minimum atomic E-state index is -0.777. The molecule has 0 N–H and O–H groups in total. The smallest absolute Gasteiger partial charge is 0.306 e. The van der Waals surface area contributed by atoms with Crippen molar-refractivity contribution in [1.82, 2.24) is 0 Å². The van der Waals surface area contributed by atoms with Gasteiger partial charge in [-0.25, -0.2) is 0 Å². The standard InChI is InChI=1S/C60H108O6/c1-4-7-10-13-16-19-22-23-24-25-26-27-28-29-30-31-32-33-34-35-36-37-39-41-44-47-50-53-59(62)65-56-57(55-64-58(61)52-49-46-43-40-21-18-15-12-9-6-3)66-60(63)54-51-48-45-42-38-20-17-14-11-8-5-2/h12,14-15,17,22-23,25-26,57H,4-11,13,16,18-21,24,27-56H2,1-3H3/b15-12-,17-14-,23-22-,26-25-. The monoisotopic (exact) mass is 925 g/mol. The van der Waals surface area contributed by atoms with E-state index in [0.717, 1.165) is 89.9 Å². The van der Waals surface area contributed by atoms with Gasteiger partial charge >= 0.3 is 17.9 Å². The highest BCUT2D eigenvalue weighted by Gasteiger charge is 2.19. The van der Waals surface area contributed by atoms with Crippen LogP contribution >= 0.6 is 0 Å². The van der Waals surface area contributed by atoms with Crippen molar-refractivity contribution < 1.29 is 28.6 Å². The number of allylic oxidation sites excluding steroid dienone is 8. The molecule has 0 aliphatic rings. The van der Waals surface area contributed by atoms with Gasteiger partial charge in [-0.3, -0.25) is 14.4 Å². The second-order valence-corrected chi connectivity index (χ2v) is 19.2. The van der Waals surface area contributed by atoms with Crippen LogP contribution in [0, 0.1) is 0 Å². The zero-order valence-corrected chi connectivity index (χ0v) is 44.0. The molecule has 0 fully saturated rings. The molecule has 0 aromatic carbocycles. The van der Waals surface area contributed by atoms with Gasteiger partial charge in [-0.05, 0) is 89.9 Å². The van der Waals surface area contributed by atoms with Gasteiger partial charge < -0.3 is 14.2 Å². The van der Waals surface area contributed by atoms with Crippen LogP contribution in [0.2, 0.25) is 0 Å². The molecule has 6 heteroatoms. The summed E-state index contributed by atoms with van der Waals surface area (Å²) in [4.78, 5) is 37.9. The van der Waals surface area contributed by atoms with E-state index in [1.807, 2.05) is 0 Å². The number of hydrogen-bond donors (Lipinski definition) is 0. The summed E-state index contributed by atoms with van der Waals surface area (Å²) in [6, 6.07) is 0. The fourth-order valence-electron chi connectivity index (χ4n) is 8.16. The van der Waals surface area contributed by atoms with E-state index in [1.54, 1.807) is 0 Å². The lowest BCUT2D eigenvalue weighted by Crippen LogP contribution is -2.30. The Kier molecular flexibility index (Phi) is 52.8. The maximum Gasteiger partial charge on any atom is 0.306 e. The topological polar surface area (TPSA) is 78.9 Å². The maximum atomic E-state index is 12.8. The van der Waals surface area contributed by atoms with Gasteiger partial charge in [-0.2, -0.15) is 0 Å². The quantitative estimate of drug-likeness (QED) is 0.0262. The second-order valence-electron chi connectivity index (χ2n) is 19.2. The first-order valence-electron chi connectivity index (χ1n) is 28.6. The predicted molar refractivity (Wildman–Crippen MR) is 284 cm³/mol. The molecule has 6 nitrogen and oxygen atoms in total. The first-order chi connectivity index (χ1) is 32.5. The third kappa shape index (κ3) is 52.3. The Bertz CT molecular complexity index is 1150. The minimum absolute atomic E-state index is 0.0774. The molecule has 0 amide bonds. The summed E-state index contributed by atoms with van der Waals surface area (Å²) in [7, 11) is 0. The Balaban J connectivity index is 4.11. The summed E-state index contributed by atoms with van der Waals surface area (Å²) >= 11 is 0. The van der Waals surface area contributed by atoms with Crippen LogP contribution in [0.4, 0.5) is 0 Å². The summed E-state index contributed by atoms with van der Waals surface area (Å²) < 4.78 is 16.8. The number of esters is 3. The van der Waals surface area contributed by atoms with Gasteiger partial charge in [-0.1, -0.05) is 236 Å². The fourth-order valence-corrected chi connectivity index (χ4v) is 8.16. The molecular formula is C60H108O6. The van der Waals surface area contributed by atoms with Crippen LogP contribution in [0.1, 0.15) is 297 Å². The third-order valence-corrected chi connectivity index (χ3v) is 12.5. The number of carbonyl (C=O) groups excluding carboxylic acids is 3. The fraction of sp³-hybridized carbons (Fsp3) is 0.817. The lowest BCUT2D eigenvalue weighted by Gasteiger charge is -2.18. The molecule has 0 heterocycles. The highest BCUT2D eigenvalue weighted by atomic mass is 16.6. The molecule has 0 aromatic heterocycles. The van der Waals surface area contributed by atoms with E-state index in [9.17, 15) is 14.4 Å². The number of hydrogen-bond acceptors (Lipinski definition) is 6. The van der Waals surface area contributed by atoms with Gasteiger partial charge in [0.2, 0.25) is 0 Å². The second kappa shape index (κ2) is 55.0. The van der Waals surface area contributed by atoms with Gasteiger partial charge in [0.05, 0.1) is 0 Å². The lowest BCUT2D eigenvalue weighted by molar-refractivity contribution is -0.167. The summed E-state index contributed by atoms with van der Waals surface area (Å²) in [5.74, 6) is -0.890. The van der Waals surface area contributed by atoms with Crippen molar-refractivity contribution in [3.63, 3.8) is 0 Å². The summed E-state index contributed by atoms with van der Waals surface area (Å²) in [5, 5.41) is 0. The molecule has 1 unspecified atom stereocenters. The molecule has 0 radical (unpaired) electrons. The number of carbonyl (C=O) groups is 3. The van der Waals surface area contributed by atoms with E-state index >= 15 is 0 Å². The van der Waals surface area contributed by atoms with Crippen LogP contribution in [0.5, 0.6) is 0 Å². The van der Waals surface area contributed by atoms with Gasteiger partial charge in [-0.15, -0.1) is 0 Å². The van der Waals surface area contributed by atoms with Crippen LogP contribution in [-0.4, -0.2) is 37.2 Å². The average molecular weight is 926 g/mol. The Morgan fingerprint density at radius 2 is 0.591 bits per heavy atom. The highest BCUT2D eigenvalue weighted by Crippen LogP contribution is 2.16. The van der Waals surface area contributed by atoms with Crippen molar-refractivity contribution in [2.75, 3.05) is 13.2 Å². The third-order valence-electron chi connectivity index (χ3n) is 12.5. The Labute approximate surface area is 409 Å². The van der Waals surface area contributed by atoms with Crippen LogP contribution in [0.25, 0.3) is 0 Å². The molecular weight excluding hydrogens is 817 g/mol. The van der Waals surface area contributed by atoms with Crippen molar-refractivity contribution in [1.29, 1.82) is 0 Å². The molecule has 0 saturated heterocycles. The Hall–Kier alpha value is -2.63.